The first-order chi connectivity index (χ1) is 22.5. The number of ether oxygens (including phenoxy) is 2. The van der Waals surface area contributed by atoms with Gasteiger partial charge in [0.2, 0.25) is 5.91 Å². The number of amides is 3. The second-order valence-electron chi connectivity index (χ2n) is 13.6. The molecular formula is C37H40FN3O6. The number of cyclic esters (lactones) is 1. The fourth-order valence-electron chi connectivity index (χ4n) is 8.28. The van der Waals surface area contributed by atoms with Crippen molar-refractivity contribution in [3.8, 4) is 0 Å². The minimum absolute atomic E-state index is 0.112. The van der Waals surface area contributed by atoms with E-state index in [2.05, 4.69) is 0 Å². The largest absolute Gasteiger partial charge is 0.447 e. The van der Waals surface area contributed by atoms with E-state index < -0.39 is 35.3 Å². The molecule has 2 saturated heterocycles. The van der Waals surface area contributed by atoms with E-state index in [-0.39, 0.29) is 37.5 Å². The SMILES string of the molecule is C[C@@H]1[C@@H](C(C)(C)F)[C@H](CC(=O)N2Cc3ccccc3C[C@H]2CO)O[C@@]12C(=O)N(Cc1ccc(N3CCOC3=O)cc1)c1ccccc12. The molecule has 4 aliphatic rings. The summed E-state index contributed by atoms with van der Waals surface area (Å²) in [6.07, 6.45) is -0.832. The molecule has 0 radical (unpaired) electrons. The molecule has 4 aliphatic heterocycles. The van der Waals surface area contributed by atoms with Crippen LogP contribution >= 0.6 is 0 Å². The molecule has 10 heteroatoms. The van der Waals surface area contributed by atoms with E-state index in [0.29, 0.717) is 37.4 Å². The zero-order chi connectivity index (χ0) is 33.1. The van der Waals surface area contributed by atoms with Crippen molar-refractivity contribution >= 4 is 29.3 Å². The van der Waals surface area contributed by atoms with Crippen molar-refractivity contribution in [1.82, 2.24) is 4.90 Å². The third-order valence-corrected chi connectivity index (χ3v) is 10.5. The Morgan fingerprint density at radius 3 is 2.40 bits per heavy atom. The number of anilines is 2. The molecule has 3 aromatic carbocycles. The Hall–Kier alpha value is -4.28. The lowest BCUT2D eigenvalue weighted by Crippen LogP contribution is -2.48. The van der Waals surface area contributed by atoms with Crippen molar-refractivity contribution in [2.24, 2.45) is 11.8 Å². The van der Waals surface area contributed by atoms with Gasteiger partial charge in [-0.3, -0.25) is 14.5 Å². The van der Waals surface area contributed by atoms with E-state index in [0.717, 1.165) is 22.4 Å². The molecule has 1 spiro atoms. The Morgan fingerprint density at radius 2 is 1.72 bits per heavy atom. The molecule has 47 heavy (non-hydrogen) atoms. The molecule has 4 heterocycles. The highest BCUT2D eigenvalue weighted by atomic mass is 19.1. The van der Waals surface area contributed by atoms with Crippen LogP contribution in [0.25, 0.3) is 0 Å². The maximum absolute atomic E-state index is 16.2. The van der Waals surface area contributed by atoms with E-state index in [9.17, 15) is 19.5 Å². The number of fused-ring (bicyclic) bond motifs is 3. The first-order valence-electron chi connectivity index (χ1n) is 16.3. The molecule has 9 nitrogen and oxygen atoms in total. The molecular weight excluding hydrogens is 601 g/mol. The van der Waals surface area contributed by atoms with Gasteiger partial charge in [-0.25, -0.2) is 9.18 Å². The Morgan fingerprint density at radius 1 is 1.02 bits per heavy atom. The zero-order valence-corrected chi connectivity index (χ0v) is 26.9. The predicted molar refractivity (Wildman–Crippen MR) is 173 cm³/mol. The Labute approximate surface area is 273 Å². The number of nitrogens with zero attached hydrogens (tertiary/aromatic N) is 3. The molecule has 0 aromatic heterocycles. The summed E-state index contributed by atoms with van der Waals surface area (Å²) in [4.78, 5) is 45.6. The summed E-state index contributed by atoms with van der Waals surface area (Å²) in [6.45, 7) is 6.07. The van der Waals surface area contributed by atoms with E-state index in [4.69, 9.17) is 9.47 Å². The van der Waals surface area contributed by atoms with Crippen LogP contribution in [0.4, 0.5) is 20.6 Å². The van der Waals surface area contributed by atoms with Gasteiger partial charge >= 0.3 is 6.09 Å². The van der Waals surface area contributed by atoms with Crippen LogP contribution in [0, 0.1) is 11.8 Å². The molecule has 1 N–H and O–H groups in total. The van der Waals surface area contributed by atoms with Gasteiger partial charge in [0.15, 0.2) is 5.60 Å². The summed E-state index contributed by atoms with van der Waals surface area (Å²) < 4.78 is 28.0. The lowest BCUT2D eigenvalue weighted by Gasteiger charge is -2.37. The van der Waals surface area contributed by atoms with E-state index in [1.807, 2.05) is 79.7 Å². The van der Waals surface area contributed by atoms with Crippen LogP contribution in [-0.4, -0.2) is 65.5 Å². The van der Waals surface area contributed by atoms with Gasteiger partial charge in [0, 0.05) is 29.6 Å². The van der Waals surface area contributed by atoms with Crippen LogP contribution in [-0.2, 0) is 44.2 Å². The molecule has 246 valence electrons. The quantitative estimate of drug-likeness (QED) is 0.385. The molecule has 5 atom stereocenters. The summed E-state index contributed by atoms with van der Waals surface area (Å²) in [5, 5.41) is 10.2. The van der Waals surface area contributed by atoms with Crippen molar-refractivity contribution in [1.29, 1.82) is 0 Å². The molecule has 0 aliphatic carbocycles. The first-order valence-corrected chi connectivity index (χ1v) is 16.3. The molecule has 0 saturated carbocycles. The number of benzene rings is 3. The summed E-state index contributed by atoms with van der Waals surface area (Å²) in [5.74, 6) is -1.87. The van der Waals surface area contributed by atoms with Crippen molar-refractivity contribution in [3.63, 3.8) is 0 Å². The molecule has 3 amide bonds. The number of aliphatic hydroxyl groups excluding tert-OH is 1. The third kappa shape index (κ3) is 5.18. The smallest absolute Gasteiger partial charge is 0.414 e. The van der Waals surface area contributed by atoms with Crippen molar-refractivity contribution in [2.45, 2.75) is 70.1 Å². The summed E-state index contributed by atoms with van der Waals surface area (Å²) in [6, 6.07) is 22.4. The Balaban J connectivity index is 1.18. The van der Waals surface area contributed by atoms with E-state index >= 15 is 4.39 Å². The molecule has 3 aromatic rings. The fraction of sp³-hybridized carbons (Fsp3) is 0.432. The molecule has 0 bridgehead atoms. The predicted octanol–water partition coefficient (Wildman–Crippen LogP) is 5.12. The van der Waals surface area contributed by atoms with Crippen molar-refractivity contribution in [2.75, 3.05) is 29.6 Å². The molecule has 2 fully saturated rings. The monoisotopic (exact) mass is 641 g/mol. The number of rotatable bonds is 7. The second kappa shape index (κ2) is 11.8. The number of halogens is 1. The number of carbonyl (C=O) groups is 3. The maximum Gasteiger partial charge on any atom is 0.414 e. The lowest BCUT2D eigenvalue weighted by molar-refractivity contribution is -0.151. The second-order valence-corrected chi connectivity index (χ2v) is 13.6. The highest BCUT2D eigenvalue weighted by molar-refractivity contribution is 6.07. The fourth-order valence-corrected chi connectivity index (χ4v) is 8.28. The number of para-hydroxylation sites is 1. The summed E-state index contributed by atoms with van der Waals surface area (Å²) in [5.41, 5.74) is 1.81. The normalized spacial score (nSPS) is 27.0. The van der Waals surface area contributed by atoms with Crippen molar-refractivity contribution < 1.29 is 33.4 Å². The van der Waals surface area contributed by atoms with Gasteiger partial charge in [0.05, 0.1) is 44.0 Å². The topological polar surface area (TPSA) is 99.6 Å². The minimum Gasteiger partial charge on any atom is -0.447 e. The first kappa shape index (κ1) is 31.3. The van der Waals surface area contributed by atoms with Crippen LogP contribution in [0.5, 0.6) is 0 Å². The number of alkyl halides is 1. The Kier molecular flexibility index (Phi) is 7.83. The highest BCUT2D eigenvalue weighted by Crippen LogP contribution is 2.58. The van der Waals surface area contributed by atoms with Gasteiger partial charge in [0.1, 0.15) is 12.3 Å². The van der Waals surface area contributed by atoms with Gasteiger partial charge in [0.25, 0.3) is 5.91 Å². The van der Waals surface area contributed by atoms with E-state index in [1.165, 1.54) is 13.8 Å². The van der Waals surface area contributed by atoms with Gasteiger partial charge < -0.3 is 24.4 Å². The Bertz CT molecular complexity index is 1710. The van der Waals surface area contributed by atoms with Crippen molar-refractivity contribution in [3.05, 3.63) is 95.1 Å². The van der Waals surface area contributed by atoms with Crippen LogP contribution < -0.4 is 9.80 Å². The van der Waals surface area contributed by atoms with Crippen LogP contribution in [0.1, 0.15) is 49.4 Å². The van der Waals surface area contributed by atoms with Crippen LogP contribution in [0.2, 0.25) is 0 Å². The van der Waals surface area contributed by atoms with E-state index in [1.54, 1.807) is 14.7 Å². The minimum atomic E-state index is -1.76. The number of hydrogen-bond donors (Lipinski definition) is 1. The average molecular weight is 642 g/mol. The van der Waals surface area contributed by atoms with Crippen LogP contribution in [0.15, 0.2) is 72.8 Å². The van der Waals surface area contributed by atoms with Gasteiger partial charge in [-0.2, -0.15) is 0 Å². The number of carbonyl (C=O) groups excluding carboxylic acids is 3. The van der Waals surface area contributed by atoms with Crippen LogP contribution in [0.3, 0.4) is 0 Å². The third-order valence-electron chi connectivity index (χ3n) is 10.5. The number of aliphatic hydroxyl groups is 1. The summed E-state index contributed by atoms with van der Waals surface area (Å²) >= 11 is 0. The standard InChI is InChI=1S/C37H40FN3O6/c1-23-33(36(2,3)38)31(19-32(43)40-21-26-9-5-4-8-25(26)18-28(40)22-42)47-37(23)29-10-6-7-11-30(29)41(34(37)44)20-24-12-14-27(15-13-24)39-16-17-46-35(39)45/h4-15,23,28,31,33,42H,16-22H2,1-3H3/t23-,28+,31+,33-,37+/m1/s1. The van der Waals surface area contributed by atoms with Gasteiger partial charge in [-0.15, -0.1) is 0 Å². The molecule has 0 unspecified atom stereocenters. The summed E-state index contributed by atoms with van der Waals surface area (Å²) in [7, 11) is 0. The molecule has 7 rings (SSSR count). The van der Waals surface area contributed by atoms with Gasteiger partial charge in [-0.1, -0.05) is 61.5 Å². The maximum atomic E-state index is 16.2. The zero-order valence-electron chi connectivity index (χ0n) is 26.9. The number of hydrogen-bond acceptors (Lipinski definition) is 6. The highest BCUT2D eigenvalue weighted by Gasteiger charge is 2.66. The lowest BCUT2D eigenvalue weighted by atomic mass is 9.71. The van der Waals surface area contributed by atoms with Gasteiger partial charge in [-0.05, 0) is 55.2 Å². The average Bonchev–Trinajstić information content (AvgIpc) is 3.69.